The van der Waals surface area contributed by atoms with Crippen LogP contribution in [0, 0.1) is 0 Å². The minimum absolute atomic E-state index is 0.0488. The van der Waals surface area contributed by atoms with Crippen LogP contribution in [0.15, 0.2) is 66.7 Å². The number of rotatable bonds is 5. The predicted octanol–water partition coefficient (Wildman–Crippen LogP) is 4.45. The van der Waals surface area contributed by atoms with Gasteiger partial charge in [0.1, 0.15) is 0 Å². The molecular weight excluding hydrogens is 284 g/mol. The van der Waals surface area contributed by atoms with Crippen molar-refractivity contribution in [3.05, 3.63) is 72.3 Å². The van der Waals surface area contributed by atoms with Crippen LogP contribution in [0.5, 0.6) is 0 Å². The third-order valence-electron chi connectivity index (χ3n) is 3.90. The van der Waals surface area contributed by atoms with E-state index < -0.39 is 0 Å². The third kappa shape index (κ3) is 3.51. The highest BCUT2D eigenvalue weighted by Gasteiger charge is 2.06. The van der Waals surface area contributed by atoms with Crippen molar-refractivity contribution in [1.82, 2.24) is 0 Å². The summed E-state index contributed by atoms with van der Waals surface area (Å²) in [7, 11) is 0. The summed E-state index contributed by atoms with van der Waals surface area (Å²) in [6.07, 6.45) is 0.939. The second kappa shape index (κ2) is 6.97. The first-order valence-corrected chi connectivity index (χ1v) is 7.87. The van der Waals surface area contributed by atoms with Gasteiger partial charge >= 0.3 is 0 Å². The number of fused-ring (bicyclic) bond motifs is 1. The van der Waals surface area contributed by atoms with Gasteiger partial charge in [-0.3, -0.25) is 4.79 Å². The van der Waals surface area contributed by atoms with E-state index in [1.165, 1.54) is 5.56 Å². The van der Waals surface area contributed by atoms with Gasteiger partial charge in [0.25, 0.3) is 0 Å². The fourth-order valence-electron chi connectivity index (χ4n) is 2.71. The second-order valence-electron chi connectivity index (χ2n) is 5.44. The summed E-state index contributed by atoms with van der Waals surface area (Å²) < 4.78 is 0. The maximum absolute atomic E-state index is 12.3. The zero-order valence-electron chi connectivity index (χ0n) is 13.2. The molecule has 23 heavy (non-hydrogen) atoms. The van der Waals surface area contributed by atoms with E-state index in [0.717, 1.165) is 28.6 Å². The summed E-state index contributed by atoms with van der Waals surface area (Å²) in [5.41, 5.74) is 3.08. The molecule has 0 aliphatic carbocycles. The van der Waals surface area contributed by atoms with Crippen LogP contribution in [-0.2, 0) is 11.2 Å². The molecule has 116 valence electrons. The fraction of sp³-hybridized carbons (Fsp3) is 0.150. The van der Waals surface area contributed by atoms with Crippen molar-refractivity contribution in [2.24, 2.45) is 0 Å². The Morgan fingerprint density at radius 1 is 0.870 bits per heavy atom. The van der Waals surface area contributed by atoms with E-state index in [1.807, 2.05) is 60.7 Å². The maximum Gasteiger partial charge on any atom is 0.243 e. The number of amides is 1. The molecule has 3 aromatic carbocycles. The van der Waals surface area contributed by atoms with Gasteiger partial charge in [0.15, 0.2) is 0 Å². The number of benzene rings is 3. The molecule has 2 N–H and O–H groups in total. The van der Waals surface area contributed by atoms with E-state index >= 15 is 0 Å². The molecule has 0 saturated carbocycles. The van der Waals surface area contributed by atoms with Crippen LogP contribution in [0.2, 0.25) is 0 Å². The maximum atomic E-state index is 12.3. The summed E-state index contributed by atoms with van der Waals surface area (Å²) >= 11 is 0. The first-order chi connectivity index (χ1) is 11.3. The Morgan fingerprint density at radius 3 is 2.43 bits per heavy atom. The lowest BCUT2D eigenvalue weighted by Gasteiger charge is -2.12. The monoisotopic (exact) mass is 304 g/mol. The fourth-order valence-corrected chi connectivity index (χ4v) is 2.71. The highest BCUT2D eigenvalue weighted by molar-refractivity contribution is 6.03. The Balaban J connectivity index is 1.69. The number of carbonyl (C=O) groups is 1. The van der Waals surface area contributed by atoms with Gasteiger partial charge in [-0.25, -0.2) is 0 Å². The van der Waals surface area contributed by atoms with Crippen molar-refractivity contribution < 1.29 is 4.79 Å². The summed E-state index contributed by atoms with van der Waals surface area (Å²) in [6.45, 7) is 2.36. The number of aryl methyl sites for hydroxylation is 1. The van der Waals surface area contributed by atoms with Crippen LogP contribution < -0.4 is 10.6 Å². The Morgan fingerprint density at radius 2 is 1.57 bits per heavy atom. The largest absolute Gasteiger partial charge is 0.376 e. The zero-order chi connectivity index (χ0) is 16.1. The molecule has 1 amide bonds. The van der Waals surface area contributed by atoms with Crippen molar-refractivity contribution in [2.75, 3.05) is 17.2 Å². The Labute approximate surface area is 136 Å². The number of nitrogens with one attached hydrogen (secondary N) is 2. The van der Waals surface area contributed by atoms with E-state index in [4.69, 9.17) is 0 Å². The van der Waals surface area contributed by atoms with Gasteiger partial charge in [0.2, 0.25) is 5.91 Å². The molecule has 3 heteroatoms. The number of hydrogen-bond acceptors (Lipinski definition) is 2. The Bertz CT molecular complexity index is 821. The summed E-state index contributed by atoms with van der Waals surface area (Å²) in [5, 5.41) is 8.38. The highest BCUT2D eigenvalue weighted by atomic mass is 16.1. The van der Waals surface area contributed by atoms with Crippen LogP contribution in [0.25, 0.3) is 10.8 Å². The van der Waals surface area contributed by atoms with Gasteiger partial charge in [0, 0.05) is 16.8 Å². The van der Waals surface area contributed by atoms with Crippen LogP contribution >= 0.6 is 0 Å². The molecule has 0 aliphatic rings. The average Bonchev–Trinajstić information content (AvgIpc) is 2.60. The number of hydrogen-bond donors (Lipinski definition) is 2. The predicted molar refractivity (Wildman–Crippen MR) is 96.9 cm³/mol. The SMILES string of the molecule is CCc1ccccc1NCC(=O)Nc1cccc2ccccc12. The molecule has 0 spiro atoms. The van der Waals surface area contributed by atoms with E-state index in [-0.39, 0.29) is 12.5 Å². The molecule has 0 heterocycles. The zero-order valence-corrected chi connectivity index (χ0v) is 13.2. The van der Waals surface area contributed by atoms with Gasteiger partial charge in [-0.1, -0.05) is 61.5 Å². The van der Waals surface area contributed by atoms with Crippen LogP contribution in [0.3, 0.4) is 0 Å². The molecule has 0 aromatic heterocycles. The van der Waals surface area contributed by atoms with Crippen LogP contribution in [-0.4, -0.2) is 12.5 Å². The first kappa shape index (κ1) is 15.1. The summed E-state index contributed by atoms with van der Waals surface area (Å²) in [6, 6.07) is 22.0. The van der Waals surface area contributed by atoms with Crippen molar-refractivity contribution in [3.8, 4) is 0 Å². The van der Waals surface area contributed by atoms with Gasteiger partial charge in [-0.15, -0.1) is 0 Å². The smallest absolute Gasteiger partial charge is 0.243 e. The lowest BCUT2D eigenvalue weighted by atomic mass is 10.1. The second-order valence-corrected chi connectivity index (χ2v) is 5.44. The minimum atomic E-state index is -0.0488. The molecule has 3 nitrogen and oxygen atoms in total. The quantitative estimate of drug-likeness (QED) is 0.731. The van der Waals surface area contributed by atoms with Crippen LogP contribution in [0.1, 0.15) is 12.5 Å². The lowest BCUT2D eigenvalue weighted by Crippen LogP contribution is -2.22. The highest BCUT2D eigenvalue weighted by Crippen LogP contribution is 2.23. The van der Waals surface area contributed by atoms with E-state index in [0.29, 0.717) is 0 Å². The molecule has 3 rings (SSSR count). The molecule has 3 aromatic rings. The molecule has 0 saturated heterocycles. The summed E-state index contributed by atoms with van der Waals surface area (Å²) in [4.78, 5) is 12.3. The first-order valence-electron chi connectivity index (χ1n) is 7.87. The van der Waals surface area contributed by atoms with Crippen molar-refractivity contribution in [2.45, 2.75) is 13.3 Å². The molecule has 0 aliphatic heterocycles. The Kier molecular flexibility index (Phi) is 4.57. The number of para-hydroxylation sites is 1. The summed E-state index contributed by atoms with van der Waals surface area (Å²) in [5.74, 6) is -0.0488. The van der Waals surface area contributed by atoms with Crippen molar-refractivity contribution in [3.63, 3.8) is 0 Å². The molecule has 0 bridgehead atoms. The Hall–Kier alpha value is -2.81. The molecule has 0 unspecified atom stereocenters. The van der Waals surface area contributed by atoms with Gasteiger partial charge in [-0.2, -0.15) is 0 Å². The number of anilines is 2. The minimum Gasteiger partial charge on any atom is -0.376 e. The molecular formula is C20H20N2O. The molecule has 0 fully saturated rings. The molecule has 0 atom stereocenters. The topological polar surface area (TPSA) is 41.1 Å². The number of carbonyl (C=O) groups excluding carboxylic acids is 1. The van der Waals surface area contributed by atoms with Gasteiger partial charge < -0.3 is 10.6 Å². The van der Waals surface area contributed by atoms with Gasteiger partial charge in [-0.05, 0) is 29.5 Å². The van der Waals surface area contributed by atoms with Crippen molar-refractivity contribution in [1.29, 1.82) is 0 Å². The van der Waals surface area contributed by atoms with Gasteiger partial charge in [0.05, 0.1) is 6.54 Å². The standard InChI is InChI=1S/C20H20N2O/c1-2-15-8-4-6-12-18(15)21-14-20(23)22-19-13-7-10-16-9-3-5-11-17(16)19/h3-13,21H,2,14H2,1H3,(H,22,23). The molecule has 0 radical (unpaired) electrons. The van der Waals surface area contributed by atoms with E-state index in [1.54, 1.807) is 0 Å². The van der Waals surface area contributed by atoms with Crippen molar-refractivity contribution >= 4 is 28.1 Å². The normalized spacial score (nSPS) is 10.5. The van der Waals surface area contributed by atoms with E-state index in [2.05, 4.69) is 23.6 Å². The van der Waals surface area contributed by atoms with Crippen LogP contribution in [0.4, 0.5) is 11.4 Å². The van der Waals surface area contributed by atoms with E-state index in [9.17, 15) is 4.79 Å². The lowest BCUT2D eigenvalue weighted by molar-refractivity contribution is -0.114. The average molecular weight is 304 g/mol. The third-order valence-corrected chi connectivity index (χ3v) is 3.90.